The van der Waals surface area contributed by atoms with Crippen LogP contribution in [0.25, 0.3) is 5.69 Å². The lowest BCUT2D eigenvalue weighted by molar-refractivity contribution is 0.189. The number of hydrogen-bond donors (Lipinski definition) is 1. The van der Waals surface area contributed by atoms with E-state index in [1.807, 2.05) is 35.4 Å². The van der Waals surface area contributed by atoms with E-state index in [4.69, 9.17) is 10.1 Å². The summed E-state index contributed by atoms with van der Waals surface area (Å²) < 4.78 is 4.22. The lowest BCUT2D eigenvalue weighted by Gasteiger charge is -2.39. The maximum atomic E-state index is 4.97. The summed E-state index contributed by atoms with van der Waals surface area (Å²) in [5.41, 5.74) is 3.49. The van der Waals surface area contributed by atoms with E-state index < -0.39 is 0 Å². The average molecular weight is 562 g/mol. The molecule has 1 saturated heterocycles. The Labute approximate surface area is 214 Å². The van der Waals surface area contributed by atoms with Crippen molar-refractivity contribution in [1.29, 1.82) is 0 Å². The molecule has 0 saturated carbocycles. The number of imidazole rings is 1. The predicted molar refractivity (Wildman–Crippen MR) is 145 cm³/mol. The van der Waals surface area contributed by atoms with Crippen LogP contribution in [0.4, 0.5) is 0 Å². The normalized spacial score (nSPS) is 18.8. The first-order valence-electron chi connectivity index (χ1n) is 11.8. The van der Waals surface area contributed by atoms with Gasteiger partial charge in [0.2, 0.25) is 0 Å². The van der Waals surface area contributed by atoms with Gasteiger partial charge in [-0.05, 0) is 56.7 Å². The minimum atomic E-state index is 0. The zero-order chi connectivity index (χ0) is 22.3. The quantitative estimate of drug-likeness (QED) is 0.200. The monoisotopic (exact) mass is 561 g/mol. The Hall–Kier alpha value is -2.36. The zero-order valence-corrected chi connectivity index (χ0v) is 22.2. The van der Waals surface area contributed by atoms with Crippen LogP contribution >= 0.6 is 24.0 Å². The Bertz CT molecular complexity index is 997. The second-order valence-corrected chi connectivity index (χ2v) is 8.65. The SMILES string of the molecule is CCNC(=NCCCc1cn(-c2ccccc2)nc1C)N1CCC(C)C(n2ccnc2)C1.I. The Morgan fingerprint density at radius 1 is 1.24 bits per heavy atom. The first-order valence-corrected chi connectivity index (χ1v) is 11.8. The zero-order valence-electron chi connectivity index (χ0n) is 19.9. The fraction of sp³-hybridized carbons (Fsp3) is 0.480. The number of hydrogen-bond acceptors (Lipinski definition) is 3. The van der Waals surface area contributed by atoms with Crippen LogP contribution in [0, 0.1) is 12.8 Å². The summed E-state index contributed by atoms with van der Waals surface area (Å²) in [6.07, 6.45) is 11.2. The second kappa shape index (κ2) is 12.2. The summed E-state index contributed by atoms with van der Waals surface area (Å²) in [4.78, 5) is 11.6. The van der Waals surface area contributed by atoms with Crippen LogP contribution in [0.5, 0.6) is 0 Å². The largest absolute Gasteiger partial charge is 0.357 e. The van der Waals surface area contributed by atoms with Crippen LogP contribution in [-0.4, -0.2) is 56.4 Å². The van der Waals surface area contributed by atoms with E-state index in [-0.39, 0.29) is 24.0 Å². The molecule has 2 aromatic heterocycles. The van der Waals surface area contributed by atoms with Crippen molar-refractivity contribution in [3.8, 4) is 5.69 Å². The van der Waals surface area contributed by atoms with E-state index in [1.54, 1.807) is 0 Å². The van der Waals surface area contributed by atoms with Crippen molar-refractivity contribution in [3.63, 3.8) is 0 Å². The fourth-order valence-electron chi connectivity index (χ4n) is 4.43. The number of rotatable bonds is 7. The maximum absolute atomic E-state index is 4.97. The van der Waals surface area contributed by atoms with Crippen LogP contribution in [0.1, 0.15) is 44.0 Å². The highest BCUT2D eigenvalue weighted by atomic mass is 127. The molecular formula is C25H36IN7. The van der Waals surface area contributed by atoms with Gasteiger partial charge >= 0.3 is 0 Å². The van der Waals surface area contributed by atoms with Gasteiger partial charge in [-0.3, -0.25) is 4.99 Å². The maximum Gasteiger partial charge on any atom is 0.193 e. The standard InChI is InChI=1S/C25H35N7.HI/c1-4-27-25(30-15-12-20(2)24(18-30)31-16-14-26-19-31)28-13-8-9-22-17-32(29-21(22)3)23-10-6-5-7-11-23;/h5-7,10-11,14,16-17,19-20,24H,4,8-9,12-13,15,18H2,1-3H3,(H,27,28);1H. The number of aryl methyl sites for hydroxylation is 2. The molecule has 0 aliphatic carbocycles. The Morgan fingerprint density at radius 3 is 2.79 bits per heavy atom. The number of aliphatic imine (C=N–C) groups is 1. The van der Waals surface area contributed by atoms with Gasteiger partial charge in [-0.2, -0.15) is 5.10 Å². The number of halogens is 1. The molecule has 33 heavy (non-hydrogen) atoms. The van der Waals surface area contributed by atoms with Crippen molar-refractivity contribution in [2.75, 3.05) is 26.2 Å². The van der Waals surface area contributed by atoms with E-state index in [0.717, 1.165) is 62.8 Å². The average Bonchev–Trinajstić information content (AvgIpc) is 3.47. The fourth-order valence-corrected chi connectivity index (χ4v) is 4.43. The molecule has 8 heteroatoms. The third-order valence-electron chi connectivity index (χ3n) is 6.35. The lowest BCUT2D eigenvalue weighted by Crippen LogP contribution is -2.49. The minimum Gasteiger partial charge on any atom is -0.357 e. The highest BCUT2D eigenvalue weighted by Crippen LogP contribution is 2.27. The molecule has 1 aromatic carbocycles. The van der Waals surface area contributed by atoms with Crippen molar-refractivity contribution >= 4 is 29.9 Å². The number of nitrogens with one attached hydrogen (secondary N) is 1. The van der Waals surface area contributed by atoms with Crippen molar-refractivity contribution in [1.82, 2.24) is 29.5 Å². The second-order valence-electron chi connectivity index (χ2n) is 8.65. The van der Waals surface area contributed by atoms with Crippen molar-refractivity contribution in [3.05, 3.63) is 66.5 Å². The molecule has 178 valence electrons. The molecule has 0 amide bonds. The highest BCUT2D eigenvalue weighted by molar-refractivity contribution is 14.0. The van der Waals surface area contributed by atoms with Gasteiger partial charge in [-0.25, -0.2) is 9.67 Å². The summed E-state index contributed by atoms with van der Waals surface area (Å²) in [7, 11) is 0. The first kappa shape index (κ1) is 25.3. The molecule has 1 N–H and O–H groups in total. The molecule has 1 fully saturated rings. The Morgan fingerprint density at radius 2 is 2.06 bits per heavy atom. The molecule has 1 aliphatic rings. The van der Waals surface area contributed by atoms with Gasteiger partial charge in [0, 0.05) is 44.8 Å². The van der Waals surface area contributed by atoms with E-state index in [0.29, 0.717) is 12.0 Å². The van der Waals surface area contributed by atoms with Crippen molar-refractivity contribution in [2.45, 2.75) is 46.1 Å². The van der Waals surface area contributed by atoms with Crippen LogP contribution in [0.3, 0.4) is 0 Å². The number of aromatic nitrogens is 4. The molecule has 0 radical (unpaired) electrons. The Balaban J connectivity index is 0.00000306. The molecule has 2 atom stereocenters. The number of benzene rings is 1. The van der Waals surface area contributed by atoms with Gasteiger partial charge in [0.15, 0.2) is 5.96 Å². The number of likely N-dealkylation sites (tertiary alicyclic amines) is 1. The summed E-state index contributed by atoms with van der Waals surface area (Å²) in [5, 5.41) is 8.19. The third kappa shape index (κ3) is 6.37. The van der Waals surface area contributed by atoms with E-state index in [1.165, 1.54) is 5.56 Å². The molecule has 1 aliphatic heterocycles. The van der Waals surface area contributed by atoms with Gasteiger partial charge in [0.05, 0.1) is 23.8 Å². The van der Waals surface area contributed by atoms with Crippen LogP contribution in [-0.2, 0) is 6.42 Å². The molecule has 2 unspecified atom stereocenters. The summed E-state index contributed by atoms with van der Waals surface area (Å²) in [6.45, 7) is 10.3. The lowest BCUT2D eigenvalue weighted by atomic mass is 9.93. The minimum absolute atomic E-state index is 0. The molecule has 4 rings (SSSR count). The molecular weight excluding hydrogens is 525 g/mol. The van der Waals surface area contributed by atoms with E-state index >= 15 is 0 Å². The van der Waals surface area contributed by atoms with Gasteiger partial charge in [0.1, 0.15) is 0 Å². The predicted octanol–water partition coefficient (Wildman–Crippen LogP) is 4.48. The summed E-state index contributed by atoms with van der Waals surface area (Å²) in [5.74, 6) is 1.66. The van der Waals surface area contributed by atoms with Crippen molar-refractivity contribution < 1.29 is 0 Å². The van der Waals surface area contributed by atoms with Gasteiger partial charge < -0.3 is 14.8 Å². The molecule has 3 heterocycles. The third-order valence-corrected chi connectivity index (χ3v) is 6.35. The van der Waals surface area contributed by atoms with Crippen LogP contribution < -0.4 is 5.32 Å². The van der Waals surface area contributed by atoms with E-state index in [9.17, 15) is 0 Å². The smallest absolute Gasteiger partial charge is 0.193 e. The number of nitrogens with zero attached hydrogens (tertiary/aromatic N) is 6. The molecule has 3 aromatic rings. The first-order chi connectivity index (χ1) is 15.7. The number of piperidine rings is 1. The van der Waals surface area contributed by atoms with E-state index in [2.05, 4.69) is 65.1 Å². The van der Waals surface area contributed by atoms with Crippen LogP contribution in [0.2, 0.25) is 0 Å². The van der Waals surface area contributed by atoms with Crippen LogP contribution in [0.15, 0.2) is 60.2 Å². The molecule has 7 nitrogen and oxygen atoms in total. The summed E-state index contributed by atoms with van der Waals surface area (Å²) >= 11 is 0. The number of para-hydroxylation sites is 1. The molecule has 0 spiro atoms. The van der Waals surface area contributed by atoms with Gasteiger partial charge in [-0.1, -0.05) is 25.1 Å². The molecule has 0 bridgehead atoms. The topological polar surface area (TPSA) is 63.3 Å². The van der Waals surface area contributed by atoms with Gasteiger partial charge in [-0.15, -0.1) is 24.0 Å². The van der Waals surface area contributed by atoms with Crippen molar-refractivity contribution in [2.24, 2.45) is 10.9 Å². The summed E-state index contributed by atoms with van der Waals surface area (Å²) in [6, 6.07) is 10.7. The highest BCUT2D eigenvalue weighted by Gasteiger charge is 2.28. The van der Waals surface area contributed by atoms with Gasteiger partial charge in [0.25, 0.3) is 0 Å². The number of guanidine groups is 1. The Kier molecular flexibility index (Phi) is 9.34.